The average molecular weight is 416 g/mol. The molecule has 1 fully saturated rings. The minimum Gasteiger partial charge on any atom is -0.486 e. The average Bonchev–Trinajstić information content (AvgIpc) is 2.66. The van der Waals surface area contributed by atoms with Crippen LogP contribution in [0.1, 0.15) is 5.56 Å². The molecule has 27 heavy (non-hydrogen) atoms. The number of nitrogens with zero attached hydrogens (tertiary/aromatic N) is 3. The van der Waals surface area contributed by atoms with E-state index in [0.717, 1.165) is 5.56 Å². The Bertz CT molecular complexity index is 848. The van der Waals surface area contributed by atoms with Crippen molar-refractivity contribution in [3.05, 3.63) is 28.8 Å². The molecule has 0 atom stereocenters. The number of fused-ring (bicyclic) bond motifs is 1. The summed E-state index contributed by atoms with van der Waals surface area (Å²) in [6.07, 6.45) is 3.12. The predicted molar refractivity (Wildman–Crippen MR) is 102 cm³/mol. The molecule has 0 aromatic heterocycles. The lowest BCUT2D eigenvalue weighted by molar-refractivity contribution is -0.127. The van der Waals surface area contributed by atoms with E-state index in [9.17, 15) is 13.2 Å². The molecule has 0 unspecified atom stereocenters. The van der Waals surface area contributed by atoms with Crippen LogP contribution in [0.25, 0.3) is 6.08 Å². The van der Waals surface area contributed by atoms with Crippen molar-refractivity contribution in [3.63, 3.8) is 0 Å². The highest BCUT2D eigenvalue weighted by Crippen LogP contribution is 2.38. The van der Waals surface area contributed by atoms with E-state index in [2.05, 4.69) is 0 Å². The van der Waals surface area contributed by atoms with E-state index in [0.29, 0.717) is 42.8 Å². The zero-order valence-corrected chi connectivity index (χ0v) is 16.8. The molecule has 0 N–H and O–H groups in total. The van der Waals surface area contributed by atoms with Gasteiger partial charge in [-0.3, -0.25) is 4.79 Å². The molecule has 0 bridgehead atoms. The van der Waals surface area contributed by atoms with Crippen LogP contribution in [0.15, 0.2) is 18.2 Å². The van der Waals surface area contributed by atoms with Crippen molar-refractivity contribution in [3.8, 4) is 11.5 Å². The summed E-state index contributed by atoms with van der Waals surface area (Å²) in [6, 6.07) is 3.48. The van der Waals surface area contributed by atoms with E-state index in [1.165, 1.54) is 28.8 Å². The van der Waals surface area contributed by atoms with Crippen LogP contribution in [0, 0.1) is 0 Å². The van der Waals surface area contributed by atoms with Gasteiger partial charge in [0.25, 0.3) is 10.2 Å². The quantitative estimate of drug-likeness (QED) is 0.687. The summed E-state index contributed by atoms with van der Waals surface area (Å²) in [5.74, 6) is 0.899. The van der Waals surface area contributed by atoms with E-state index >= 15 is 0 Å². The maximum absolute atomic E-state index is 12.4. The number of carbonyl (C=O) groups is 1. The fourth-order valence-electron chi connectivity index (χ4n) is 2.87. The van der Waals surface area contributed by atoms with Crippen LogP contribution in [0.2, 0.25) is 5.02 Å². The van der Waals surface area contributed by atoms with Crippen molar-refractivity contribution >= 4 is 33.8 Å². The molecule has 0 aliphatic carbocycles. The van der Waals surface area contributed by atoms with Gasteiger partial charge in [-0.2, -0.15) is 17.0 Å². The fraction of sp³-hybridized carbons (Fsp3) is 0.471. The normalized spacial score (nSPS) is 18.3. The highest BCUT2D eigenvalue weighted by atomic mass is 35.5. The van der Waals surface area contributed by atoms with Gasteiger partial charge in [-0.25, -0.2) is 0 Å². The molecule has 0 spiro atoms. The molecule has 2 heterocycles. The number of carbonyl (C=O) groups excluding carboxylic acids is 1. The van der Waals surface area contributed by atoms with Crippen molar-refractivity contribution in [1.29, 1.82) is 0 Å². The van der Waals surface area contributed by atoms with Gasteiger partial charge in [0.1, 0.15) is 13.2 Å². The molecule has 148 valence electrons. The third-order valence-electron chi connectivity index (χ3n) is 4.38. The maximum Gasteiger partial charge on any atom is 0.281 e. The molecule has 0 saturated carbocycles. The van der Waals surface area contributed by atoms with Gasteiger partial charge in [-0.1, -0.05) is 11.6 Å². The molecule has 2 aliphatic heterocycles. The first-order valence-corrected chi connectivity index (χ1v) is 10.3. The summed E-state index contributed by atoms with van der Waals surface area (Å²) in [6.45, 7) is 2.15. The Morgan fingerprint density at radius 3 is 2.48 bits per heavy atom. The monoisotopic (exact) mass is 415 g/mol. The smallest absolute Gasteiger partial charge is 0.281 e. The van der Waals surface area contributed by atoms with Crippen LogP contribution in [-0.2, 0) is 15.0 Å². The Morgan fingerprint density at radius 2 is 1.81 bits per heavy atom. The van der Waals surface area contributed by atoms with Crippen LogP contribution in [0.5, 0.6) is 11.5 Å². The third-order valence-corrected chi connectivity index (χ3v) is 6.60. The SMILES string of the molecule is CN(C)S(=O)(=O)N1CCN(C(=O)/C=C/c2cc(Cl)c3c(c2)OCCO3)CC1. The lowest BCUT2D eigenvalue weighted by atomic mass is 10.1. The molecule has 1 aromatic rings. The predicted octanol–water partition coefficient (Wildman–Crippen LogP) is 1.08. The molecular formula is C17H22ClN3O5S. The van der Waals surface area contributed by atoms with Crippen molar-refractivity contribution < 1.29 is 22.7 Å². The van der Waals surface area contributed by atoms with Gasteiger partial charge in [-0.05, 0) is 23.8 Å². The lowest BCUT2D eigenvalue weighted by Gasteiger charge is -2.34. The van der Waals surface area contributed by atoms with E-state index in [1.54, 1.807) is 23.1 Å². The van der Waals surface area contributed by atoms with E-state index < -0.39 is 10.2 Å². The van der Waals surface area contributed by atoms with Gasteiger partial charge >= 0.3 is 0 Å². The van der Waals surface area contributed by atoms with Gasteiger partial charge < -0.3 is 14.4 Å². The number of amides is 1. The summed E-state index contributed by atoms with van der Waals surface area (Å²) < 4.78 is 37.8. The van der Waals surface area contributed by atoms with Gasteiger partial charge in [0.2, 0.25) is 5.91 Å². The van der Waals surface area contributed by atoms with Crippen LogP contribution < -0.4 is 9.47 Å². The second-order valence-electron chi connectivity index (χ2n) is 6.37. The molecule has 0 radical (unpaired) electrons. The number of hydrogen-bond acceptors (Lipinski definition) is 5. The van der Waals surface area contributed by atoms with Crippen molar-refractivity contribution in [2.75, 3.05) is 53.5 Å². The standard InChI is InChI=1S/C17H22ClN3O5S/c1-19(2)27(23,24)21-7-5-20(6-8-21)16(22)4-3-13-11-14(18)17-15(12-13)25-9-10-26-17/h3-4,11-12H,5-10H2,1-2H3/b4-3+. The number of hydrogen-bond donors (Lipinski definition) is 0. The second kappa shape index (κ2) is 8.05. The number of piperazine rings is 1. The van der Waals surface area contributed by atoms with Gasteiger partial charge in [-0.15, -0.1) is 0 Å². The largest absolute Gasteiger partial charge is 0.486 e. The first-order chi connectivity index (χ1) is 12.8. The molecule has 2 aliphatic rings. The Hall–Kier alpha value is -1.81. The highest BCUT2D eigenvalue weighted by Gasteiger charge is 2.29. The highest BCUT2D eigenvalue weighted by molar-refractivity contribution is 7.86. The van der Waals surface area contributed by atoms with Crippen LogP contribution in [-0.4, -0.2) is 81.3 Å². The zero-order chi connectivity index (χ0) is 19.6. The van der Waals surface area contributed by atoms with E-state index in [-0.39, 0.29) is 19.0 Å². The molecular weight excluding hydrogens is 394 g/mol. The lowest BCUT2D eigenvalue weighted by Crippen LogP contribution is -2.52. The van der Waals surface area contributed by atoms with Crippen molar-refractivity contribution in [1.82, 2.24) is 13.5 Å². The number of ether oxygens (including phenoxy) is 2. The maximum atomic E-state index is 12.4. The summed E-state index contributed by atoms with van der Waals surface area (Å²) in [4.78, 5) is 14.0. The fourth-order valence-corrected chi connectivity index (χ4v) is 4.23. The van der Waals surface area contributed by atoms with E-state index in [4.69, 9.17) is 21.1 Å². The Kier molecular flexibility index (Phi) is 5.95. The second-order valence-corrected chi connectivity index (χ2v) is 8.92. The number of halogens is 1. The minimum atomic E-state index is -3.45. The van der Waals surface area contributed by atoms with Crippen LogP contribution in [0.4, 0.5) is 0 Å². The minimum absolute atomic E-state index is 0.178. The Morgan fingerprint density at radius 1 is 1.15 bits per heavy atom. The third kappa shape index (κ3) is 4.37. The Labute approximate surface area is 164 Å². The summed E-state index contributed by atoms with van der Waals surface area (Å²) >= 11 is 6.20. The summed E-state index contributed by atoms with van der Waals surface area (Å²) in [7, 11) is -0.459. The topological polar surface area (TPSA) is 79.4 Å². The van der Waals surface area contributed by atoms with Gasteiger partial charge in [0, 0.05) is 46.4 Å². The molecule has 1 saturated heterocycles. The zero-order valence-electron chi connectivity index (χ0n) is 15.2. The van der Waals surface area contributed by atoms with Crippen molar-refractivity contribution in [2.45, 2.75) is 0 Å². The molecule has 3 rings (SSSR count). The molecule has 10 heteroatoms. The molecule has 1 amide bonds. The molecule has 8 nitrogen and oxygen atoms in total. The summed E-state index contributed by atoms with van der Waals surface area (Å²) in [5.41, 5.74) is 0.728. The van der Waals surface area contributed by atoms with Gasteiger partial charge in [0.05, 0.1) is 5.02 Å². The van der Waals surface area contributed by atoms with E-state index in [1.807, 2.05) is 0 Å². The van der Waals surface area contributed by atoms with Crippen LogP contribution in [0.3, 0.4) is 0 Å². The Balaban J connectivity index is 1.62. The van der Waals surface area contributed by atoms with Crippen LogP contribution >= 0.6 is 11.6 Å². The first-order valence-electron chi connectivity index (χ1n) is 8.53. The summed E-state index contributed by atoms with van der Waals surface area (Å²) in [5, 5.41) is 0.432. The first kappa shape index (κ1) is 19.9. The van der Waals surface area contributed by atoms with Crippen molar-refractivity contribution in [2.24, 2.45) is 0 Å². The number of rotatable bonds is 4. The molecule has 1 aromatic carbocycles. The number of benzene rings is 1. The van der Waals surface area contributed by atoms with Gasteiger partial charge in [0.15, 0.2) is 11.5 Å².